The lowest BCUT2D eigenvalue weighted by molar-refractivity contribution is -0.580. The molecule has 0 bridgehead atoms. The average molecular weight is 200 g/mol. The number of aromatic amines is 1. The highest BCUT2D eigenvalue weighted by Gasteiger charge is 2.23. The average Bonchev–Trinajstić information content (AvgIpc) is 2.46. The second kappa shape index (κ2) is 2.67. The summed E-state index contributed by atoms with van der Waals surface area (Å²) in [6.45, 7) is 0. The van der Waals surface area contributed by atoms with Gasteiger partial charge in [-0.1, -0.05) is 0 Å². The summed E-state index contributed by atoms with van der Waals surface area (Å²) in [6.07, 6.45) is 2.83. The third kappa shape index (κ3) is 1.20. The maximum atomic E-state index is 10.5. The topological polar surface area (TPSA) is 75.9 Å². The van der Waals surface area contributed by atoms with E-state index in [1.807, 2.05) is 0 Å². The van der Waals surface area contributed by atoms with Gasteiger partial charge in [0.15, 0.2) is 0 Å². The lowest BCUT2D eigenvalue weighted by Crippen LogP contribution is -2.22. The molecule has 0 fully saturated rings. The second-order valence-corrected chi connectivity index (χ2v) is 2.75. The van der Waals surface area contributed by atoms with Gasteiger partial charge in [0.25, 0.3) is 0 Å². The van der Waals surface area contributed by atoms with Crippen molar-refractivity contribution in [2.45, 2.75) is 0 Å². The van der Waals surface area contributed by atoms with Crippen molar-refractivity contribution in [1.82, 2.24) is 10.1 Å². The fourth-order valence-corrected chi connectivity index (χ4v) is 1.15. The maximum absolute atomic E-state index is 10.5. The Morgan fingerprint density at radius 3 is 3.15 bits per heavy atom. The van der Waals surface area contributed by atoms with Crippen molar-refractivity contribution in [3.63, 3.8) is 0 Å². The van der Waals surface area contributed by atoms with E-state index in [-0.39, 0.29) is 16.5 Å². The van der Waals surface area contributed by atoms with Crippen LogP contribution in [0.15, 0.2) is 18.5 Å². The molecule has 0 saturated heterocycles. The number of H-pyrrole nitrogens is 1. The summed E-state index contributed by atoms with van der Waals surface area (Å²) in [4.78, 5) is 13.8. The molecule has 0 spiro atoms. The molecule has 0 aliphatic carbocycles. The Bertz CT molecular complexity index is 480. The molecule has 0 radical (unpaired) electrons. The van der Waals surface area contributed by atoms with Crippen LogP contribution >= 0.6 is 11.6 Å². The summed E-state index contributed by atoms with van der Waals surface area (Å²) < 4.78 is 1.42. The molecule has 2 aromatic heterocycles. The largest absolute Gasteiger partial charge is 0.428 e. The van der Waals surface area contributed by atoms with E-state index < -0.39 is 4.92 Å². The molecular formula is C6H4ClN4O2+. The minimum Gasteiger partial charge on any atom is -0.258 e. The number of hydrogen-bond donors (Lipinski definition) is 1. The number of aromatic nitrogens is 3. The van der Waals surface area contributed by atoms with E-state index in [0.717, 1.165) is 0 Å². The lowest BCUT2D eigenvalue weighted by atomic mass is 10.5. The molecule has 2 rings (SSSR count). The molecule has 0 unspecified atom stereocenters. The zero-order chi connectivity index (χ0) is 9.42. The molecule has 0 aromatic carbocycles. The highest BCUT2D eigenvalue weighted by molar-refractivity contribution is 6.29. The van der Waals surface area contributed by atoms with E-state index in [1.54, 1.807) is 6.20 Å². The van der Waals surface area contributed by atoms with Gasteiger partial charge in [-0.05, 0) is 16.6 Å². The van der Waals surface area contributed by atoms with E-state index >= 15 is 0 Å². The summed E-state index contributed by atoms with van der Waals surface area (Å²) >= 11 is 5.59. The third-order valence-electron chi connectivity index (χ3n) is 1.57. The molecule has 13 heavy (non-hydrogen) atoms. The molecular weight excluding hydrogens is 196 g/mol. The van der Waals surface area contributed by atoms with Crippen LogP contribution in [-0.2, 0) is 0 Å². The van der Waals surface area contributed by atoms with Crippen LogP contribution in [-0.4, -0.2) is 15.0 Å². The number of halogens is 1. The lowest BCUT2D eigenvalue weighted by Gasteiger charge is -1.81. The van der Waals surface area contributed by atoms with Gasteiger partial charge in [0.1, 0.15) is 12.4 Å². The fraction of sp³-hybridized carbons (Fsp3) is 0. The first kappa shape index (κ1) is 7.93. The first-order valence-corrected chi connectivity index (χ1v) is 3.76. The normalized spacial score (nSPS) is 10.5. The van der Waals surface area contributed by atoms with Crippen molar-refractivity contribution >= 4 is 22.9 Å². The minimum atomic E-state index is -0.519. The predicted molar refractivity (Wildman–Crippen MR) is 43.4 cm³/mol. The van der Waals surface area contributed by atoms with Gasteiger partial charge in [-0.15, -0.1) is 4.52 Å². The number of rotatable bonds is 1. The highest BCUT2D eigenvalue weighted by atomic mass is 35.5. The number of nitrogens with zero attached hydrogens (tertiary/aromatic N) is 3. The summed E-state index contributed by atoms with van der Waals surface area (Å²) in [6, 6.07) is 1.54. The zero-order valence-corrected chi connectivity index (χ0v) is 7.02. The van der Waals surface area contributed by atoms with Gasteiger partial charge < -0.3 is 0 Å². The van der Waals surface area contributed by atoms with Crippen LogP contribution in [0.2, 0.25) is 5.15 Å². The Labute approximate surface area is 76.9 Å². The standard InChI is InChI=1S/C6H3ClN4O2/c7-5-1-2-10-6(9-5)4(3-8-10)11(12)13/h1-3H/p+1. The van der Waals surface area contributed by atoms with Crippen LogP contribution in [0.1, 0.15) is 0 Å². The van der Waals surface area contributed by atoms with Crippen molar-refractivity contribution in [2.24, 2.45) is 0 Å². The van der Waals surface area contributed by atoms with Gasteiger partial charge in [0, 0.05) is 6.07 Å². The molecule has 0 atom stereocenters. The smallest absolute Gasteiger partial charge is 0.258 e. The van der Waals surface area contributed by atoms with Gasteiger partial charge in [-0.3, -0.25) is 10.1 Å². The third-order valence-corrected chi connectivity index (χ3v) is 1.78. The van der Waals surface area contributed by atoms with Gasteiger partial charge in [-0.25, -0.2) is 5.10 Å². The van der Waals surface area contributed by atoms with Crippen molar-refractivity contribution < 1.29 is 9.44 Å². The van der Waals surface area contributed by atoms with Gasteiger partial charge in [0.2, 0.25) is 5.15 Å². The minimum absolute atomic E-state index is 0.0949. The molecule has 7 heteroatoms. The SMILES string of the molecule is O=[N+]([O-])c1c[nH][n+]2ccc(Cl)nc12. The van der Waals surface area contributed by atoms with Gasteiger partial charge >= 0.3 is 11.3 Å². The molecule has 66 valence electrons. The number of hydrogen-bond acceptors (Lipinski definition) is 3. The van der Waals surface area contributed by atoms with Crippen molar-refractivity contribution in [2.75, 3.05) is 0 Å². The molecule has 0 amide bonds. The number of nitro groups is 1. The first-order valence-electron chi connectivity index (χ1n) is 3.38. The molecule has 6 nitrogen and oxygen atoms in total. The van der Waals surface area contributed by atoms with E-state index in [4.69, 9.17) is 11.6 Å². The van der Waals surface area contributed by atoms with E-state index in [2.05, 4.69) is 10.1 Å². The molecule has 1 N–H and O–H groups in total. The monoisotopic (exact) mass is 199 g/mol. The van der Waals surface area contributed by atoms with Crippen molar-refractivity contribution in [3.05, 3.63) is 33.7 Å². The molecule has 0 saturated carbocycles. The van der Waals surface area contributed by atoms with Crippen LogP contribution in [0.4, 0.5) is 5.69 Å². The zero-order valence-electron chi connectivity index (χ0n) is 6.27. The maximum Gasteiger partial charge on any atom is 0.428 e. The highest BCUT2D eigenvalue weighted by Crippen LogP contribution is 2.13. The van der Waals surface area contributed by atoms with E-state index in [1.165, 1.54) is 16.8 Å². The Kier molecular flexibility index (Phi) is 1.63. The molecule has 0 aliphatic heterocycles. The Morgan fingerprint density at radius 1 is 1.69 bits per heavy atom. The van der Waals surface area contributed by atoms with Gasteiger partial charge in [0.05, 0.1) is 4.92 Å². The van der Waals surface area contributed by atoms with Crippen molar-refractivity contribution in [3.8, 4) is 0 Å². The quantitative estimate of drug-likeness (QED) is 0.318. The van der Waals surface area contributed by atoms with E-state index in [0.29, 0.717) is 0 Å². The fourth-order valence-electron chi connectivity index (χ4n) is 1.01. The first-order chi connectivity index (χ1) is 6.18. The molecule has 2 heterocycles. The molecule has 0 aliphatic rings. The Morgan fingerprint density at radius 2 is 2.46 bits per heavy atom. The summed E-state index contributed by atoms with van der Waals surface area (Å²) in [5.74, 6) is 0. The van der Waals surface area contributed by atoms with Crippen LogP contribution in [0, 0.1) is 10.1 Å². The predicted octanol–water partition coefficient (Wildman–Crippen LogP) is 0.710. The van der Waals surface area contributed by atoms with Crippen LogP contribution in [0.3, 0.4) is 0 Å². The summed E-state index contributed by atoms with van der Waals surface area (Å²) in [5, 5.41) is 13.4. The number of fused-ring (bicyclic) bond motifs is 1. The number of nitrogens with one attached hydrogen (secondary N) is 1. The van der Waals surface area contributed by atoms with E-state index in [9.17, 15) is 10.1 Å². The van der Waals surface area contributed by atoms with Crippen LogP contribution in [0.25, 0.3) is 5.65 Å². The Balaban J connectivity index is 2.79. The Hall–Kier alpha value is -1.69. The van der Waals surface area contributed by atoms with Gasteiger partial charge in [-0.2, -0.15) is 0 Å². The van der Waals surface area contributed by atoms with Crippen molar-refractivity contribution in [1.29, 1.82) is 0 Å². The summed E-state index contributed by atoms with van der Waals surface area (Å²) in [7, 11) is 0. The van der Waals surface area contributed by atoms with Crippen LogP contribution < -0.4 is 4.52 Å². The second-order valence-electron chi connectivity index (χ2n) is 2.36. The van der Waals surface area contributed by atoms with Crippen LogP contribution in [0.5, 0.6) is 0 Å². The summed E-state index contributed by atoms with van der Waals surface area (Å²) in [5.41, 5.74) is 0.111. The molecule has 2 aromatic rings.